The molecule has 0 bridgehead atoms. The monoisotopic (exact) mass is 384 g/mol. The van der Waals surface area contributed by atoms with Crippen LogP contribution in [0.25, 0.3) is 11.0 Å². The van der Waals surface area contributed by atoms with Crippen LogP contribution in [0, 0.1) is 5.92 Å². The van der Waals surface area contributed by atoms with Crippen molar-refractivity contribution < 1.29 is 4.74 Å². The second-order valence-corrected chi connectivity index (χ2v) is 7.42. The van der Waals surface area contributed by atoms with Crippen LogP contribution in [-0.4, -0.2) is 22.9 Å². The van der Waals surface area contributed by atoms with Crippen molar-refractivity contribution in [2.24, 2.45) is 5.92 Å². The first-order chi connectivity index (χ1) is 14.3. The molecule has 2 heterocycles. The summed E-state index contributed by atoms with van der Waals surface area (Å²) in [5, 5.41) is 0. The number of hydrogen-bond acceptors (Lipinski definition) is 5. The largest absolute Gasteiger partial charge is 0.340 e. The zero-order chi connectivity index (χ0) is 19.8. The van der Waals surface area contributed by atoms with E-state index in [9.17, 15) is 0 Å². The second-order valence-electron chi connectivity index (χ2n) is 7.42. The van der Waals surface area contributed by atoms with Gasteiger partial charge in [0.25, 0.3) is 0 Å². The molecular weight excluding hydrogens is 360 g/mol. The van der Waals surface area contributed by atoms with Crippen molar-refractivity contribution in [1.29, 1.82) is 0 Å². The predicted molar refractivity (Wildman–Crippen MR) is 117 cm³/mol. The maximum atomic E-state index is 6.28. The van der Waals surface area contributed by atoms with Crippen molar-refractivity contribution >= 4 is 28.4 Å². The van der Waals surface area contributed by atoms with E-state index in [0.717, 1.165) is 40.5 Å². The number of para-hydroxylation sites is 3. The minimum absolute atomic E-state index is 0.338. The number of allylic oxidation sites excluding steroid dienone is 3. The number of hydrogen-bond donors (Lipinski definition) is 0. The Morgan fingerprint density at radius 2 is 1.59 bits per heavy atom. The second kappa shape index (κ2) is 7.33. The van der Waals surface area contributed by atoms with E-state index < -0.39 is 0 Å². The number of aromatic nitrogens is 2. The first-order valence-electron chi connectivity index (χ1n) is 10.2. The summed E-state index contributed by atoms with van der Waals surface area (Å²) in [6.45, 7) is 4.84. The van der Waals surface area contributed by atoms with Gasteiger partial charge in [0, 0.05) is 18.0 Å². The highest BCUT2D eigenvalue weighted by Crippen LogP contribution is 2.45. The Balaban J connectivity index is 1.75. The van der Waals surface area contributed by atoms with Crippen molar-refractivity contribution in [3.63, 3.8) is 0 Å². The average molecular weight is 384 g/mol. The van der Waals surface area contributed by atoms with Crippen LogP contribution in [0.5, 0.6) is 0 Å². The molecule has 0 saturated carbocycles. The summed E-state index contributed by atoms with van der Waals surface area (Å²) in [5.41, 5.74) is 3.90. The summed E-state index contributed by atoms with van der Waals surface area (Å²) >= 11 is 0. The van der Waals surface area contributed by atoms with Crippen molar-refractivity contribution in [2.45, 2.75) is 26.6 Å². The summed E-state index contributed by atoms with van der Waals surface area (Å²) < 4.78 is 6.28. The van der Waals surface area contributed by atoms with Crippen LogP contribution >= 0.6 is 0 Å². The lowest BCUT2D eigenvalue weighted by molar-refractivity contribution is 0.0744. The van der Waals surface area contributed by atoms with Gasteiger partial charge in [-0.05, 0) is 49.6 Å². The van der Waals surface area contributed by atoms with Gasteiger partial charge in [-0.15, -0.1) is 0 Å². The Bertz CT molecular complexity index is 1090. The Morgan fingerprint density at radius 1 is 0.931 bits per heavy atom. The minimum Gasteiger partial charge on any atom is -0.340 e. The number of ether oxygens (including phenoxy) is 1. The Kier molecular flexibility index (Phi) is 4.52. The Hall–Kier alpha value is -3.18. The van der Waals surface area contributed by atoms with Gasteiger partial charge in [0.05, 0.1) is 11.0 Å². The van der Waals surface area contributed by atoms with Crippen LogP contribution in [0.1, 0.15) is 20.3 Å². The lowest BCUT2D eigenvalue weighted by atomic mass is 10.0. The summed E-state index contributed by atoms with van der Waals surface area (Å²) in [5.74, 6) is 2.12. The number of anilines is 3. The number of fused-ring (bicyclic) bond motifs is 2. The highest BCUT2D eigenvalue weighted by molar-refractivity contribution is 5.87. The molecule has 2 atom stereocenters. The molecule has 5 heteroatoms. The van der Waals surface area contributed by atoms with Gasteiger partial charge in [0.1, 0.15) is 0 Å². The fourth-order valence-electron chi connectivity index (χ4n) is 3.99. The fraction of sp³-hybridized carbons (Fsp3) is 0.250. The van der Waals surface area contributed by atoms with Gasteiger partial charge in [0.2, 0.25) is 6.35 Å². The van der Waals surface area contributed by atoms with Gasteiger partial charge in [-0.2, -0.15) is 0 Å². The molecule has 0 fully saturated rings. The quantitative estimate of drug-likeness (QED) is 0.603. The molecule has 0 radical (unpaired) electrons. The minimum atomic E-state index is -0.338. The summed E-state index contributed by atoms with van der Waals surface area (Å²) in [6.07, 6.45) is 7.40. The molecule has 5 nitrogen and oxygen atoms in total. The van der Waals surface area contributed by atoms with E-state index in [1.807, 2.05) is 49.4 Å². The summed E-state index contributed by atoms with van der Waals surface area (Å²) in [7, 11) is 0. The lowest BCUT2D eigenvalue weighted by Gasteiger charge is -2.33. The van der Waals surface area contributed by atoms with Crippen LogP contribution in [0.4, 0.5) is 17.3 Å². The lowest BCUT2D eigenvalue weighted by Crippen LogP contribution is -2.43. The van der Waals surface area contributed by atoms with Crippen LogP contribution in [0.2, 0.25) is 0 Å². The average Bonchev–Trinajstić information content (AvgIpc) is 3.05. The van der Waals surface area contributed by atoms with E-state index in [-0.39, 0.29) is 6.35 Å². The third-order valence-corrected chi connectivity index (χ3v) is 5.31. The van der Waals surface area contributed by atoms with Crippen molar-refractivity contribution in [3.8, 4) is 0 Å². The Labute approximate surface area is 171 Å². The maximum Gasteiger partial charge on any atom is 0.221 e. The molecule has 2 aliphatic rings. The van der Waals surface area contributed by atoms with E-state index in [4.69, 9.17) is 14.7 Å². The first kappa shape index (κ1) is 17.9. The third-order valence-electron chi connectivity index (χ3n) is 5.31. The van der Waals surface area contributed by atoms with E-state index in [2.05, 4.69) is 47.1 Å². The SMILES string of the molecule is CCOC1N(C2=CC(C)CC=C2)c2nc3ccccc3nc2N1c1ccccc1. The molecule has 2 aromatic carbocycles. The first-order valence-corrected chi connectivity index (χ1v) is 10.2. The number of nitrogens with zero attached hydrogens (tertiary/aromatic N) is 4. The van der Waals surface area contributed by atoms with Crippen LogP contribution < -0.4 is 9.80 Å². The van der Waals surface area contributed by atoms with E-state index in [1.165, 1.54) is 0 Å². The van der Waals surface area contributed by atoms with Crippen LogP contribution in [-0.2, 0) is 4.74 Å². The van der Waals surface area contributed by atoms with Crippen LogP contribution in [0.15, 0.2) is 78.5 Å². The van der Waals surface area contributed by atoms with Gasteiger partial charge in [0.15, 0.2) is 11.6 Å². The van der Waals surface area contributed by atoms with E-state index >= 15 is 0 Å². The van der Waals surface area contributed by atoms with Gasteiger partial charge < -0.3 is 4.74 Å². The van der Waals surface area contributed by atoms with E-state index in [1.54, 1.807) is 0 Å². The highest BCUT2D eigenvalue weighted by atomic mass is 16.5. The number of benzene rings is 2. The third kappa shape index (κ3) is 3.08. The molecule has 29 heavy (non-hydrogen) atoms. The maximum absolute atomic E-state index is 6.28. The molecule has 5 rings (SSSR count). The zero-order valence-electron chi connectivity index (χ0n) is 16.7. The predicted octanol–water partition coefficient (Wildman–Crippen LogP) is 5.39. The zero-order valence-corrected chi connectivity index (χ0v) is 16.7. The normalized spacial score (nSPS) is 20.8. The van der Waals surface area contributed by atoms with Gasteiger partial charge >= 0.3 is 0 Å². The fourth-order valence-corrected chi connectivity index (χ4v) is 3.99. The standard InChI is InChI=1S/C24H24N4O/c1-3-29-24-27(18-11-5-4-6-12-18)22-23(26-21-15-8-7-14-20(21)25-22)28(24)19-13-9-10-17(2)16-19/h4-9,11-17,24H,3,10H2,1-2H3. The van der Waals surface area contributed by atoms with Gasteiger partial charge in [-0.25, -0.2) is 9.97 Å². The number of rotatable bonds is 4. The molecule has 1 aliphatic heterocycles. The molecule has 2 unspecified atom stereocenters. The van der Waals surface area contributed by atoms with Crippen molar-refractivity contribution in [3.05, 3.63) is 78.5 Å². The molecule has 3 aromatic rings. The van der Waals surface area contributed by atoms with Crippen molar-refractivity contribution in [1.82, 2.24) is 9.97 Å². The molecule has 0 amide bonds. The van der Waals surface area contributed by atoms with E-state index in [0.29, 0.717) is 12.5 Å². The van der Waals surface area contributed by atoms with Gasteiger partial charge in [-0.1, -0.05) is 49.4 Å². The summed E-state index contributed by atoms with van der Waals surface area (Å²) in [6, 6.07) is 18.3. The van der Waals surface area contributed by atoms with Gasteiger partial charge in [-0.3, -0.25) is 9.80 Å². The molecule has 0 spiro atoms. The molecule has 0 N–H and O–H groups in total. The smallest absolute Gasteiger partial charge is 0.221 e. The topological polar surface area (TPSA) is 41.5 Å². The molecular formula is C24H24N4O. The van der Waals surface area contributed by atoms with Crippen LogP contribution in [0.3, 0.4) is 0 Å². The molecule has 1 aliphatic carbocycles. The molecule has 0 saturated heterocycles. The highest BCUT2D eigenvalue weighted by Gasteiger charge is 2.42. The summed E-state index contributed by atoms with van der Waals surface area (Å²) in [4.78, 5) is 14.3. The molecule has 146 valence electrons. The molecule has 1 aromatic heterocycles. The Morgan fingerprint density at radius 3 is 2.24 bits per heavy atom. The van der Waals surface area contributed by atoms with Crippen molar-refractivity contribution in [2.75, 3.05) is 16.4 Å².